The van der Waals surface area contributed by atoms with Gasteiger partial charge in [0.2, 0.25) is 0 Å². The van der Waals surface area contributed by atoms with Crippen LogP contribution in [-0.2, 0) is 105 Å². The number of fused-ring (bicyclic) bond motifs is 3. The van der Waals surface area contributed by atoms with Crippen molar-refractivity contribution in [1.82, 2.24) is 5.32 Å². The van der Waals surface area contributed by atoms with Crippen molar-refractivity contribution in [2.24, 2.45) is 40.9 Å². The number of hydrogen-bond acceptors (Lipinski definition) is 34. The lowest BCUT2D eigenvalue weighted by atomic mass is 9.75. The molecule has 0 bridgehead atoms. The summed E-state index contributed by atoms with van der Waals surface area (Å²) in [7, 11) is 0.506. The van der Waals surface area contributed by atoms with Crippen molar-refractivity contribution in [3.8, 4) is 28.7 Å². The van der Waals surface area contributed by atoms with Crippen LogP contribution in [0.1, 0.15) is 154 Å². The molecule has 0 saturated carbocycles. The first-order chi connectivity index (χ1) is 59.1. The number of carbonyl (C=O) groups is 6. The Bertz CT molecular complexity index is 3990. The summed E-state index contributed by atoms with van der Waals surface area (Å²) < 4.78 is 74.9. The molecule has 4 aliphatic heterocycles. The van der Waals surface area contributed by atoms with Crippen molar-refractivity contribution in [3.63, 3.8) is 0 Å². The number of carbonyl (C=O) groups excluding carboxylic acids is 12. The van der Waals surface area contributed by atoms with Gasteiger partial charge < -0.3 is 114 Å². The number of hydrogen-bond donors (Lipinski definition) is 9. The standard InChI is InChI=1S/C18H25BO6.C12H15BO5.C12H13BrO4.C11H15BO4.C10H14BNO4.C9H18BrNO2.C4H10BrN.C3H8BrN.3CO2.CH4.2BrH.ClH/c1-12(16(21)22-6)11-23-14-9-7-8-13(10-20)15(14)19-24-17(2,3)18(4,5)25-19;1-8(12(14)16-2)6-17-10-5-3-4-9-7-18-13(15)11(9)10;1-8(12(15)16-2)7-17-10-5-3-4-9(6-14)11(10)13;1-8(5-13)6-15-10-4-2-3-9-7-16-12(14)11(9)10;12-8(4-13)6-15-9-3-1-2-7-5-16-11(14)10(7)9;1-7(5-6-10)11-8(12)13-9(2,3)4;1-4(6)2-3-5;4-2-1-3-5;3*2-1-3;;;;/h7-10,12H,11H2,1-6H3;3-5,8,15H,6-7H2,1-2H3;3-6,8H,7H2,1-2H3;2-4,8,13-14H,5-7H2,1H3;1-3,8,13-14H,4-6,12H2;7H,5-6H2,1-4H3,(H,11,12);4H,2-3,6H2,1H3;1-3,5H2;;;;1H4;3*1H/t12-;4*8-;7-;4-;;;;;;;;/m0001111......../s1. The molecule has 129 heavy (non-hydrogen) atoms. The average Bonchev–Trinajstić information content (AvgIpc) is 1.61. The van der Waals surface area contributed by atoms with E-state index in [1.807, 2.05) is 106 Å². The third kappa shape index (κ3) is 52.4. The van der Waals surface area contributed by atoms with Gasteiger partial charge in [-0.2, -0.15) is 28.8 Å². The first-order valence-electron chi connectivity index (χ1n) is 39.0. The van der Waals surface area contributed by atoms with E-state index in [4.69, 9.17) is 113 Å². The Morgan fingerprint density at radius 2 is 0.853 bits per heavy atom. The molecule has 9 rings (SSSR count). The maximum Gasteiger partial charge on any atom is 0.499 e. The van der Waals surface area contributed by atoms with Gasteiger partial charge in [0, 0.05) is 73.6 Å². The lowest BCUT2D eigenvalue weighted by molar-refractivity contribution is -0.193. The highest BCUT2D eigenvalue weighted by molar-refractivity contribution is 9.10. The van der Waals surface area contributed by atoms with Gasteiger partial charge in [-0.05, 0) is 172 Å². The predicted molar refractivity (Wildman–Crippen MR) is 512 cm³/mol. The summed E-state index contributed by atoms with van der Waals surface area (Å²) >= 11 is 13.1. The first kappa shape index (κ1) is 133. The molecule has 46 heteroatoms. The van der Waals surface area contributed by atoms with Gasteiger partial charge in [-0.25, -0.2) is 4.79 Å². The Morgan fingerprint density at radius 1 is 0.527 bits per heavy atom. The molecule has 35 nitrogen and oxygen atoms in total. The fourth-order valence-electron chi connectivity index (χ4n) is 9.83. The third-order valence-electron chi connectivity index (χ3n) is 17.2. The molecule has 0 aromatic heterocycles. The summed E-state index contributed by atoms with van der Waals surface area (Å²) in [6, 6.07) is 26.8. The molecule has 0 unspecified atom stereocenters. The van der Waals surface area contributed by atoms with Crippen LogP contribution in [0.15, 0.2) is 95.5 Å². The fourth-order valence-corrected chi connectivity index (χ4v) is 12.0. The van der Waals surface area contributed by atoms with Crippen LogP contribution >= 0.6 is 110 Å². The molecule has 1 fully saturated rings. The molecule has 4 aliphatic rings. The van der Waals surface area contributed by atoms with Crippen molar-refractivity contribution in [2.75, 3.05) is 90.1 Å². The van der Waals surface area contributed by atoms with Gasteiger partial charge in [-0.15, -0.1) is 46.4 Å². The maximum atomic E-state index is 11.6. The van der Waals surface area contributed by atoms with E-state index in [1.165, 1.54) is 21.3 Å². The van der Waals surface area contributed by atoms with E-state index in [1.54, 1.807) is 75.4 Å². The number of rotatable bonds is 30. The highest BCUT2D eigenvalue weighted by atomic mass is 79.9. The summed E-state index contributed by atoms with van der Waals surface area (Å²) in [5.74, 6) is 0.672. The van der Waals surface area contributed by atoms with Crippen molar-refractivity contribution < 1.29 is 149 Å². The zero-order chi connectivity index (χ0) is 95.6. The Hall–Kier alpha value is -6.83. The van der Waals surface area contributed by atoms with Crippen LogP contribution in [-0.4, -0.2) is 234 Å². The average molecular weight is 2230 g/mol. The number of benzene rings is 5. The van der Waals surface area contributed by atoms with Gasteiger partial charge in [0.15, 0.2) is 6.29 Å². The Balaban J connectivity index is -0.000000338. The Labute approximate surface area is 817 Å². The monoisotopic (exact) mass is 2230 g/mol. The predicted octanol–water partition coefficient (Wildman–Crippen LogP) is 8.04. The van der Waals surface area contributed by atoms with Crippen LogP contribution in [0.3, 0.4) is 0 Å². The van der Waals surface area contributed by atoms with Gasteiger partial charge in [-0.3, -0.25) is 24.0 Å². The van der Waals surface area contributed by atoms with E-state index in [0.29, 0.717) is 98.7 Å². The van der Waals surface area contributed by atoms with E-state index in [9.17, 15) is 43.8 Å². The van der Waals surface area contributed by atoms with E-state index in [2.05, 4.69) is 78.5 Å². The van der Waals surface area contributed by atoms with Crippen molar-refractivity contribution >= 4 is 215 Å². The molecule has 1 saturated heterocycles. The number of amides is 1. The van der Waals surface area contributed by atoms with Gasteiger partial charge in [0.1, 0.15) is 67.1 Å². The SMILES string of the molecule is Br.Br.C.COC(=O)[C@@H](C)COc1cccc(C=O)c1B1OC(C)(C)C(C)(C)O1.COC(=O)[C@@H](C)COc1cccc(C=O)c1Br.COC(=O)[C@@H](C)COc1cccc2c1B(O)OC2.C[C@@H](N)CCBr.C[C@H](CCBr)NC(=O)OC(C)(C)C.C[C@H](CO)COc1cccc2c1B(O)OC2.Cl.NCCCBr.N[C@H](CO)COc1cccc2c1B(O)OC2.O=C=O.O=C=O.O=C=O. The largest absolute Gasteiger partial charge is 0.499 e. The van der Waals surface area contributed by atoms with E-state index in [0.717, 1.165) is 71.1 Å². The second-order valence-corrected chi connectivity index (χ2v) is 32.5. The number of esters is 3. The zero-order valence-corrected chi connectivity index (χ0v) is 85.1. The number of alkyl carbamates (subject to hydrolysis) is 1. The van der Waals surface area contributed by atoms with E-state index < -0.39 is 57.2 Å². The van der Waals surface area contributed by atoms with Crippen LogP contribution in [0.25, 0.3) is 0 Å². The van der Waals surface area contributed by atoms with Crippen molar-refractivity contribution in [3.05, 3.63) is 123 Å². The summed E-state index contributed by atoms with van der Waals surface area (Å²) in [5, 5.41) is 52.3. The maximum absolute atomic E-state index is 11.6. The quantitative estimate of drug-likeness (QED) is 0.00690. The number of alkyl halides is 3. The number of nitrogens with one attached hydrogen (secondary N) is 1. The normalized spacial score (nSPS) is 14.0. The first-order valence-corrected chi connectivity index (χ1v) is 43.1. The number of nitrogens with two attached hydrogens (primary N) is 3. The number of aliphatic hydroxyl groups excluding tert-OH is 2. The number of halogens is 7. The third-order valence-corrected chi connectivity index (χ3v) is 19.6. The highest BCUT2D eigenvalue weighted by Gasteiger charge is 2.53. The van der Waals surface area contributed by atoms with Crippen molar-refractivity contribution in [1.29, 1.82) is 0 Å². The molecule has 12 N–H and O–H groups in total. The van der Waals surface area contributed by atoms with Crippen LogP contribution in [0.5, 0.6) is 28.7 Å². The van der Waals surface area contributed by atoms with Gasteiger partial charge in [0.25, 0.3) is 0 Å². The molecule has 7 atom stereocenters. The molecule has 4 heterocycles. The molecule has 1 amide bonds. The van der Waals surface area contributed by atoms with Crippen LogP contribution in [0, 0.1) is 23.7 Å². The second-order valence-electron chi connectivity index (χ2n) is 29.3. The number of ether oxygens (including phenoxy) is 9. The van der Waals surface area contributed by atoms with Crippen molar-refractivity contribution in [2.45, 2.75) is 171 Å². The van der Waals surface area contributed by atoms with E-state index in [-0.39, 0.29) is 160 Å². The molecule has 0 radical (unpaired) electrons. The Kier molecular flexibility index (Phi) is 76.8. The number of aliphatic hydroxyl groups is 2. The minimum Gasteiger partial charge on any atom is -0.494 e. The lowest BCUT2D eigenvalue weighted by Gasteiger charge is -2.32. The molecular formula is C83H125B4Br6ClN4O31. The molecular weight excluding hydrogens is 2110 g/mol. The highest BCUT2D eigenvalue weighted by Crippen LogP contribution is 2.38. The molecule has 0 aliphatic carbocycles. The fraction of sp³-hybridized carbons (Fsp3) is 0.530. The summed E-state index contributed by atoms with van der Waals surface area (Å²) in [6.07, 6.45) is 4.94. The lowest BCUT2D eigenvalue weighted by Crippen LogP contribution is -2.41. The minimum absolute atomic E-state index is 0. The van der Waals surface area contributed by atoms with E-state index >= 15 is 0 Å². The number of methoxy groups -OCH3 is 3. The van der Waals surface area contributed by atoms with Gasteiger partial charge in [-0.1, -0.05) is 123 Å². The number of aldehydes is 2. The Morgan fingerprint density at radius 3 is 1.15 bits per heavy atom. The molecule has 724 valence electrons. The molecule has 0 spiro atoms. The van der Waals surface area contributed by atoms with Crippen LogP contribution in [0.4, 0.5) is 4.79 Å². The summed E-state index contributed by atoms with van der Waals surface area (Å²) in [4.78, 5) is 116. The molecule has 5 aromatic carbocycles. The second kappa shape index (κ2) is 74.6. The molecule has 5 aromatic rings. The van der Waals surface area contributed by atoms with Crippen LogP contribution < -0.4 is 68.1 Å². The summed E-state index contributed by atoms with van der Waals surface area (Å²) in [6.45, 7) is 27.4. The van der Waals surface area contributed by atoms with Gasteiger partial charge in [0.05, 0.1) is 93.8 Å². The minimum atomic E-state index is -0.954. The smallest absolute Gasteiger partial charge is 0.494 e. The topological polar surface area (TPSA) is 525 Å². The zero-order valence-electron chi connectivity index (χ0n) is 74.5. The summed E-state index contributed by atoms with van der Waals surface area (Å²) in [5.41, 5.74) is 20.8. The van der Waals surface area contributed by atoms with Crippen LogP contribution in [0.2, 0.25) is 0 Å². The van der Waals surface area contributed by atoms with Gasteiger partial charge >= 0.3 is 70.9 Å².